The summed E-state index contributed by atoms with van der Waals surface area (Å²) in [7, 11) is 0. The molecule has 0 unspecified atom stereocenters. The van der Waals surface area contributed by atoms with E-state index in [1.807, 2.05) is 4.90 Å². The average molecular weight is 460 g/mol. The highest BCUT2D eigenvalue weighted by Crippen LogP contribution is 2.32. The Morgan fingerprint density at radius 3 is 2.33 bits per heavy atom. The van der Waals surface area contributed by atoms with E-state index in [4.69, 9.17) is 0 Å². The van der Waals surface area contributed by atoms with E-state index < -0.39 is 17.6 Å². The number of alkyl halides is 3. The first kappa shape index (κ1) is 22.3. The SMILES string of the molecule is CC(=O)Cn1nnc(-c2cnc(N3CCN(C(=O)c4ccccc4C(F)(F)F)CC3)nc2)n1. The molecule has 0 radical (unpaired) electrons. The van der Waals surface area contributed by atoms with Crippen molar-refractivity contribution >= 4 is 17.6 Å². The van der Waals surface area contributed by atoms with E-state index >= 15 is 0 Å². The van der Waals surface area contributed by atoms with Gasteiger partial charge in [0.05, 0.1) is 16.7 Å². The lowest BCUT2D eigenvalue weighted by atomic mass is 10.1. The van der Waals surface area contributed by atoms with Gasteiger partial charge in [-0.3, -0.25) is 9.59 Å². The number of nitrogens with zero attached hydrogens (tertiary/aromatic N) is 8. The van der Waals surface area contributed by atoms with Gasteiger partial charge < -0.3 is 9.80 Å². The van der Waals surface area contributed by atoms with Crippen molar-refractivity contribution in [2.24, 2.45) is 0 Å². The highest BCUT2D eigenvalue weighted by atomic mass is 19.4. The van der Waals surface area contributed by atoms with Crippen molar-refractivity contribution in [3.63, 3.8) is 0 Å². The normalized spacial score (nSPS) is 14.4. The molecule has 1 saturated heterocycles. The van der Waals surface area contributed by atoms with Crippen LogP contribution in [0.5, 0.6) is 0 Å². The van der Waals surface area contributed by atoms with Crippen molar-refractivity contribution in [2.45, 2.75) is 19.6 Å². The fourth-order valence-corrected chi connectivity index (χ4v) is 3.42. The van der Waals surface area contributed by atoms with Gasteiger partial charge >= 0.3 is 6.18 Å². The van der Waals surface area contributed by atoms with Gasteiger partial charge in [-0.05, 0) is 24.3 Å². The van der Waals surface area contributed by atoms with Gasteiger partial charge in [-0.1, -0.05) is 12.1 Å². The Morgan fingerprint density at radius 1 is 1.03 bits per heavy atom. The second kappa shape index (κ2) is 8.92. The van der Waals surface area contributed by atoms with Crippen molar-refractivity contribution in [3.8, 4) is 11.4 Å². The van der Waals surface area contributed by atoms with E-state index in [1.165, 1.54) is 47.2 Å². The second-order valence-electron chi connectivity index (χ2n) is 7.44. The molecule has 0 aliphatic carbocycles. The number of carbonyl (C=O) groups excluding carboxylic acids is 2. The second-order valence-corrected chi connectivity index (χ2v) is 7.44. The van der Waals surface area contributed by atoms with Crippen LogP contribution in [0, 0.1) is 0 Å². The number of rotatable bonds is 5. The Kier molecular flexibility index (Phi) is 6.03. The summed E-state index contributed by atoms with van der Waals surface area (Å²) in [5, 5.41) is 11.8. The van der Waals surface area contributed by atoms with Crippen molar-refractivity contribution < 1.29 is 22.8 Å². The molecule has 13 heteroatoms. The largest absolute Gasteiger partial charge is 0.417 e. The molecule has 10 nitrogen and oxygen atoms in total. The van der Waals surface area contributed by atoms with Crippen molar-refractivity contribution in [2.75, 3.05) is 31.1 Å². The zero-order valence-electron chi connectivity index (χ0n) is 17.5. The molecule has 0 saturated carbocycles. The molecule has 172 valence electrons. The number of tetrazole rings is 1. The fraction of sp³-hybridized carbons (Fsp3) is 0.350. The Bertz CT molecular complexity index is 1150. The van der Waals surface area contributed by atoms with E-state index in [-0.39, 0.29) is 36.8 Å². The molecular formula is C20H19F3N8O2. The minimum absolute atomic E-state index is 0.0163. The Balaban J connectivity index is 1.40. The summed E-state index contributed by atoms with van der Waals surface area (Å²) in [5.41, 5.74) is -0.777. The molecule has 4 rings (SSSR count). The van der Waals surface area contributed by atoms with Gasteiger partial charge in [0, 0.05) is 38.6 Å². The highest BCUT2D eigenvalue weighted by molar-refractivity contribution is 5.96. The summed E-state index contributed by atoms with van der Waals surface area (Å²) in [6.07, 6.45) is -1.56. The zero-order chi connectivity index (χ0) is 23.6. The minimum Gasteiger partial charge on any atom is -0.337 e. The molecule has 0 bridgehead atoms. The molecule has 1 aromatic carbocycles. The molecule has 3 heterocycles. The van der Waals surface area contributed by atoms with Gasteiger partial charge in [-0.25, -0.2) is 9.97 Å². The summed E-state index contributed by atoms with van der Waals surface area (Å²) in [6.45, 7) is 2.64. The van der Waals surface area contributed by atoms with E-state index in [9.17, 15) is 22.8 Å². The number of halogens is 3. The first-order valence-electron chi connectivity index (χ1n) is 10.0. The standard InChI is InChI=1S/C20H19F3N8O2/c1-13(32)12-31-27-17(26-28-31)14-10-24-19(25-11-14)30-8-6-29(7-9-30)18(33)15-4-2-3-5-16(15)20(21,22)23/h2-5,10-11H,6-9,12H2,1H3. The molecular weight excluding hydrogens is 441 g/mol. The molecule has 33 heavy (non-hydrogen) atoms. The number of piperazine rings is 1. The van der Waals surface area contributed by atoms with Crippen LogP contribution in [0.4, 0.5) is 19.1 Å². The summed E-state index contributed by atoms with van der Waals surface area (Å²) >= 11 is 0. The maximum atomic E-state index is 13.2. The van der Waals surface area contributed by atoms with Crippen molar-refractivity contribution in [1.82, 2.24) is 35.1 Å². The van der Waals surface area contributed by atoms with Crippen LogP contribution in [0.15, 0.2) is 36.7 Å². The van der Waals surface area contributed by atoms with Crippen LogP contribution in [-0.2, 0) is 17.5 Å². The van der Waals surface area contributed by atoms with Gasteiger partial charge in [-0.2, -0.15) is 18.0 Å². The van der Waals surface area contributed by atoms with Gasteiger partial charge in [0.2, 0.25) is 11.8 Å². The minimum atomic E-state index is -4.60. The molecule has 1 aliphatic heterocycles. The summed E-state index contributed by atoms with van der Waals surface area (Å²) in [5.74, 6) is -0.0668. The first-order valence-corrected chi connectivity index (χ1v) is 10.0. The Labute approximate surface area is 186 Å². The lowest BCUT2D eigenvalue weighted by molar-refractivity contribution is -0.138. The third-order valence-electron chi connectivity index (χ3n) is 5.03. The molecule has 2 aromatic heterocycles. The van der Waals surface area contributed by atoms with Crippen LogP contribution in [0.2, 0.25) is 0 Å². The van der Waals surface area contributed by atoms with E-state index in [0.29, 0.717) is 24.6 Å². The van der Waals surface area contributed by atoms with Crippen LogP contribution in [0.1, 0.15) is 22.8 Å². The molecule has 1 amide bonds. The lowest BCUT2D eigenvalue weighted by Gasteiger charge is -2.35. The van der Waals surface area contributed by atoms with Crippen LogP contribution < -0.4 is 4.90 Å². The number of anilines is 1. The number of amides is 1. The Morgan fingerprint density at radius 2 is 1.70 bits per heavy atom. The summed E-state index contributed by atoms with van der Waals surface area (Å²) in [4.78, 5) is 36.9. The number of hydrogen-bond donors (Lipinski definition) is 0. The molecule has 1 fully saturated rings. The van der Waals surface area contributed by atoms with Gasteiger partial charge in [0.1, 0.15) is 6.54 Å². The van der Waals surface area contributed by atoms with Crippen LogP contribution in [-0.4, -0.2) is 72.9 Å². The molecule has 0 atom stereocenters. The smallest absolute Gasteiger partial charge is 0.337 e. The molecule has 1 aliphatic rings. The van der Waals surface area contributed by atoms with Crippen molar-refractivity contribution in [3.05, 3.63) is 47.8 Å². The van der Waals surface area contributed by atoms with Crippen molar-refractivity contribution in [1.29, 1.82) is 0 Å². The van der Waals surface area contributed by atoms with Gasteiger partial charge in [-0.15, -0.1) is 10.2 Å². The van der Waals surface area contributed by atoms with Crippen LogP contribution in [0.3, 0.4) is 0 Å². The van der Waals surface area contributed by atoms with Crippen LogP contribution in [0.25, 0.3) is 11.4 Å². The maximum absolute atomic E-state index is 13.2. The predicted octanol–water partition coefficient (Wildman–Crippen LogP) is 1.70. The molecule has 0 N–H and O–H groups in total. The fourth-order valence-electron chi connectivity index (χ4n) is 3.42. The number of Topliss-reactive ketones (excluding diaryl/α,β-unsaturated/α-hetero) is 1. The third kappa shape index (κ3) is 4.96. The number of ketones is 1. The van der Waals surface area contributed by atoms with E-state index in [0.717, 1.165) is 6.07 Å². The van der Waals surface area contributed by atoms with E-state index in [2.05, 4.69) is 25.4 Å². The van der Waals surface area contributed by atoms with Gasteiger partial charge in [0.25, 0.3) is 5.91 Å². The van der Waals surface area contributed by atoms with Crippen LogP contribution >= 0.6 is 0 Å². The average Bonchev–Trinajstić information content (AvgIpc) is 3.26. The highest BCUT2D eigenvalue weighted by Gasteiger charge is 2.36. The number of carbonyl (C=O) groups is 2. The molecule has 0 spiro atoms. The number of hydrogen-bond acceptors (Lipinski definition) is 8. The zero-order valence-corrected chi connectivity index (χ0v) is 17.5. The quantitative estimate of drug-likeness (QED) is 0.566. The van der Waals surface area contributed by atoms with Gasteiger partial charge in [0.15, 0.2) is 5.78 Å². The predicted molar refractivity (Wildman–Crippen MR) is 109 cm³/mol. The monoisotopic (exact) mass is 460 g/mol. The third-order valence-corrected chi connectivity index (χ3v) is 5.03. The number of aromatic nitrogens is 6. The first-order chi connectivity index (χ1) is 15.7. The lowest BCUT2D eigenvalue weighted by Crippen LogP contribution is -2.49. The maximum Gasteiger partial charge on any atom is 0.417 e. The van der Waals surface area contributed by atoms with E-state index in [1.54, 1.807) is 0 Å². The number of benzene rings is 1. The summed E-state index contributed by atoms with van der Waals surface area (Å²) in [6, 6.07) is 4.78. The molecule has 3 aromatic rings. The Hall–Kier alpha value is -3.90. The topological polar surface area (TPSA) is 110 Å². The summed E-state index contributed by atoms with van der Waals surface area (Å²) < 4.78 is 39.7.